The molecule has 0 atom stereocenters. The molecule has 2 aromatic rings. The van der Waals surface area contributed by atoms with Crippen LogP contribution in [0.15, 0.2) is 39.3 Å². The smallest absolute Gasteiger partial charge is 0.231 e. The fourth-order valence-electron chi connectivity index (χ4n) is 2.12. The van der Waals surface area contributed by atoms with Gasteiger partial charge < -0.3 is 19.5 Å². The van der Waals surface area contributed by atoms with Crippen LogP contribution in [0.2, 0.25) is 0 Å². The molecule has 0 bridgehead atoms. The molecular weight excluding hydrogens is 402 g/mol. The number of hydrogen-bond donors (Lipinski definition) is 1. The van der Waals surface area contributed by atoms with Crippen molar-refractivity contribution in [2.75, 3.05) is 19.2 Å². The number of anilines is 1. The topological polar surface area (TPSA) is 39.7 Å². The van der Waals surface area contributed by atoms with Crippen LogP contribution in [0, 0.1) is 0 Å². The van der Waals surface area contributed by atoms with Crippen LogP contribution in [-0.4, -0.2) is 13.9 Å². The number of hydrogen-bond acceptors (Lipinski definition) is 4. The lowest BCUT2D eigenvalue weighted by Crippen LogP contribution is -2.01. The lowest BCUT2D eigenvalue weighted by atomic mass is 10.1. The van der Waals surface area contributed by atoms with Gasteiger partial charge in [0.25, 0.3) is 0 Å². The molecule has 0 aromatic heterocycles. The Morgan fingerprint density at radius 2 is 2.05 bits per heavy atom. The molecule has 2 aromatic carbocycles. The summed E-state index contributed by atoms with van der Waals surface area (Å²) in [5.41, 5.74) is 2.07. The van der Waals surface area contributed by atoms with Gasteiger partial charge in [-0.25, -0.2) is 0 Å². The lowest BCUT2D eigenvalue weighted by Gasteiger charge is -2.11. The summed E-state index contributed by atoms with van der Waals surface area (Å²) in [4.78, 5) is 0. The molecule has 110 valence electrons. The molecule has 0 saturated heterocycles. The van der Waals surface area contributed by atoms with Crippen LogP contribution in [0.25, 0.3) is 0 Å². The van der Waals surface area contributed by atoms with Crippen molar-refractivity contribution < 1.29 is 14.2 Å². The summed E-state index contributed by atoms with van der Waals surface area (Å²) >= 11 is 7.00. The number of fused-ring (bicyclic) bond motifs is 1. The van der Waals surface area contributed by atoms with E-state index in [4.69, 9.17) is 14.2 Å². The van der Waals surface area contributed by atoms with E-state index in [1.807, 2.05) is 30.3 Å². The van der Waals surface area contributed by atoms with E-state index >= 15 is 0 Å². The predicted molar refractivity (Wildman–Crippen MR) is 88.3 cm³/mol. The van der Waals surface area contributed by atoms with Crippen LogP contribution in [0.5, 0.6) is 17.2 Å². The van der Waals surface area contributed by atoms with Gasteiger partial charge in [-0.2, -0.15) is 0 Å². The van der Waals surface area contributed by atoms with E-state index in [0.717, 1.165) is 25.9 Å². The van der Waals surface area contributed by atoms with Crippen molar-refractivity contribution in [2.24, 2.45) is 0 Å². The van der Waals surface area contributed by atoms with Crippen molar-refractivity contribution in [2.45, 2.75) is 6.54 Å². The molecule has 3 rings (SSSR count). The van der Waals surface area contributed by atoms with Gasteiger partial charge in [-0.05, 0) is 51.8 Å². The van der Waals surface area contributed by atoms with Gasteiger partial charge in [0.15, 0.2) is 11.5 Å². The van der Waals surface area contributed by atoms with Crippen LogP contribution in [0.4, 0.5) is 5.69 Å². The third-order valence-electron chi connectivity index (χ3n) is 3.13. The monoisotopic (exact) mass is 413 g/mol. The highest BCUT2D eigenvalue weighted by Crippen LogP contribution is 2.42. The van der Waals surface area contributed by atoms with Crippen LogP contribution in [0.1, 0.15) is 5.56 Å². The summed E-state index contributed by atoms with van der Waals surface area (Å²) in [6.07, 6.45) is 0. The summed E-state index contributed by atoms with van der Waals surface area (Å²) in [5.74, 6) is 2.08. The molecule has 21 heavy (non-hydrogen) atoms. The quantitative estimate of drug-likeness (QED) is 0.795. The Bertz CT molecular complexity index is 676. The van der Waals surface area contributed by atoms with Crippen molar-refractivity contribution in [3.63, 3.8) is 0 Å². The largest absolute Gasteiger partial charge is 0.493 e. The molecular formula is C15H13Br2NO3. The van der Waals surface area contributed by atoms with Gasteiger partial charge in [-0.15, -0.1) is 0 Å². The standard InChI is InChI=1S/C15H13Br2NO3/c1-19-13-4-9(5-14-15(13)21-8-20-14)7-18-12-6-10(16)2-3-11(12)17/h2-6,18H,7-8H2,1H3. The summed E-state index contributed by atoms with van der Waals surface area (Å²) in [6, 6.07) is 9.91. The van der Waals surface area contributed by atoms with Crippen molar-refractivity contribution in [3.05, 3.63) is 44.8 Å². The second-order valence-electron chi connectivity index (χ2n) is 4.51. The van der Waals surface area contributed by atoms with Crippen LogP contribution >= 0.6 is 31.9 Å². The van der Waals surface area contributed by atoms with E-state index < -0.39 is 0 Å². The minimum atomic E-state index is 0.236. The summed E-state index contributed by atoms with van der Waals surface area (Å²) in [6.45, 7) is 0.891. The van der Waals surface area contributed by atoms with Gasteiger partial charge in [0.2, 0.25) is 12.5 Å². The van der Waals surface area contributed by atoms with E-state index in [2.05, 4.69) is 37.2 Å². The van der Waals surface area contributed by atoms with Gasteiger partial charge in [0.05, 0.1) is 7.11 Å². The molecule has 6 heteroatoms. The molecule has 1 aliphatic rings. The molecule has 0 radical (unpaired) electrons. The highest BCUT2D eigenvalue weighted by atomic mass is 79.9. The van der Waals surface area contributed by atoms with Crippen LogP contribution in [0.3, 0.4) is 0 Å². The second kappa shape index (κ2) is 6.15. The number of halogens is 2. The van der Waals surface area contributed by atoms with E-state index in [9.17, 15) is 0 Å². The number of rotatable bonds is 4. The molecule has 0 fully saturated rings. The Balaban J connectivity index is 1.81. The van der Waals surface area contributed by atoms with E-state index in [-0.39, 0.29) is 6.79 Å². The van der Waals surface area contributed by atoms with Gasteiger partial charge in [-0.1, -0.05) is 15.9 Å². The first-order valence-electron chi connectivity index (χ1n) is 6.33. The van der Waals surface area contributed by atoms with E-state index in [1.165, 1.54) is 0 Å². The summed E-state index contributed by atoms with van der Waals surface area (Å²) < 4.78 is 18.2. The SMILES string of the molecule is COc1cc(CNc2cc(Br)ccc2Br)cc2c1OCO2. The third-order valence-corrected chi connectivity index (χ3v) is 4.31. The van der Waals surface area contributed by atoms with Crippen LogP contribution < -0.4 is 19.5 Å². The maximum absolute atomic E-state index is 5.43. The zero-order valence-electron chi connectivity index (χ0n) is 11.3. The summed E-state index contributed by atoms with van der Waals surface area (Å²) in [7, 11) is 1.62. The maximum atomic E-state index is 5.43. The molecule has 1 aliphatic heterocycles. The van der Waals surface area contributed by atoms with E-state index in [0.29, 0.717) is 18.0 Å². The minimum absolute atomic E-state index is 0.236. The van der Waals surface area contributed by atoms with Gasteiger partial charge >= 0.3 is 0 Å². The first-order valence-corrected chi connectivity index (χ1v) is 7.91. The molecule has 0 amide bonds. The number of methoxy groups -OCH3 is 1. The highest BCUT2D eigenvalue weighted by Gasteiger charge is 2.20. The minimum Gasteiger partial charge on any atom is -0.493 e. The molecule has 1 heterocycles. The molecule has 4 nitrogen and oxygen atoms in total. The first kappa shape index (κ1) is 14.5. The maximum Gasteiger partial charge on any atom is 0.231 e. The fourth-order valence-corrected chi connectivity index (χ4v) is 2.86. The molecule has 0 aliphatic carbocycles. The number of nitrogens with one attached hydrogen (secondary N) is 1. The fraction of sp³-hybridized carbons (Fsp3) is 0.200. The van der Waals surface area contributed by atoms with Gasteiger partial charge in [-0.3, -0.25) is 0 Å². The predicted octanol–water partition coefficient (Wildman–Crippen LogP) is 4.56. The Morgan fingerprint density at radius 3 is 2.86 bits per heavy atom. The average Bonchev–Trinajstić information content (AvgIpc) is 2.95. The highest BCUT2D eigenvalue weighted by molar-refractivity contribution is 9.11. The second-order valence-corrected chi connectivity index (χ2v) is 6.28. The molecule has 0 spiro atoms. The Hall–Kier alpha value is -1.40. The van der Waals surface area contributed by atoms with Crippen molar-refractivity contribution in [3.8, 4) is 17.2 Å². The Kier molecular flexibility index (Phi) is 4.26. The van der Waals surface area contributed by atoms with Gasteiger partial charge in [0.1, 0.15) is 0 Å². The van der Waals surface area contributed by atoms with Crippen molar-refractivity contribution in [1.82, 2.24) is 0 Å². The molecule has 1 N–H and O–H groups in total. The zero-order chi connectivity index (χ0) is 14.8. The van der Waals surface area contributed by atoms with Gasteiger partial charge in [0, 0.05) is 21.2 Å². The number of benzene rings is 2. The van der Waals surface area contributed by atoms with Crippen LogP contribution in [-0.2, 0) is 6.54 Å². The zero-order valence-corrected chi connectivity index (χ0v) is 14.5. The van der Waals surface area contributed by atoms with Crippen molar-refractivity contribution in [1.29, 1.82) is 0 Å². The van der Waals surface area contributed by atoms with Crippen molar-refractivity contribution >= 4 is 37.5 Å². The third kappa shape index (κ3) is 3.11. The Morgan fingerprint density at radius 1 is 1.19 bits per heavy atom. The average molecular weight is 415 g/mol. The lowest BCUT2D eigenvalue weighted by molar-refractivity contribution is 0.171. The number of ether oxygens (including phenoxy) is 3. The first-order chi connectivity index (χ1) is 10.2. The Labute approximate surface area is 139 Å². The van der Waals surface area contributed by atoms with E-state index in [1.54, 1.807) is 7.11 Å². The molecule has 0 saturated carbocycles. The summed E-state index contributed by atoms with van der Waals surface area (Å²) in [5, 5.41) is 3.38. The molecule has 0 unspecified atom stereocenters. The normalized spacial score (nSPS) is 12.3.